The summed E-state index contributed by atoms with van der Waals surface area (Å²) in [6.45, 7) is 7.31. The molecular weight excluding hydrogens is 257 g/mol. The highest BCUT2D eigenvalue weighted by atomic mass is 19.4. The van der Waals surface area contributed by atoms with Gasteiger partial charge in [0.25, 0.3) is 5.78 Å². The number of hydrogen-bond acceptors (Lipinski definition) is 2. The van der Waals surface area contributed by atoms with E-state index in [2.05, 4.69) is 0 Å². The maximum absolute atomic E-state index is 12.6. The zero-order valence-electron chi connectivity index (χ0n) is 11.4. The standard InChI is InChI=1S/C14H17F3O2/c1-8(2)7-19-12-10(4)5-9(3)6-11(12)13(18)14(15,16)17/h5-6,8H,7H2,1-4H3. The van der Waals surface area contributed by atoms with Crippen LogP contribution in [0.1, 0.15) is 35.3 Å². The molecule has 0 spiro atoms. The number of rotatable bonds is 4. The Balaban J connectivity index is 3.24. The van der Waals surface area contributed by atoms with Crippen LogP contribution in [0.2, 0.25) is 0 Å². The third-order valence-electron chi connectivity index (χ3n) is 2.48. The van der Waals surface area contributed by atoms with E-state index in [1.165, 1.54) is 6.07 Å². The van der Waals surface area contributed by atoms with Gasteiger partial charge in [0.2, 0.25) is 0 Å². The van der Waals surface area contributed by atoms with Crippen LogP contribution >= 0.6 is 0 Å². The summed E-state index contributed by atoms with van der Waals surface area (Å²) in [6, 6.07) is 2.92. The van der Waals surface area contributed by atoms with E-state index in [4.69, 9.17) is 4.74 Å². The van der Waals surface area contributed by atoms with Crippen molar-refractivity contribution in [3.05, 3.63) is 28.8 Å². The van der Waals surface area contributed by atoms with E-state index in [-0.39, 0.29) is 18.3 Å². The fourth-order valence-corrected chi connectivity index (χ4v) is 1.72. The zero-order valence-corrected chi connectivity index (χ0v) is 11.4. The second-order valence-corrected chi connectivity index (χ2v) is 4.99. The molecule has 0 N–H and O–H groups in total. The summed E-state index contributed by atoms with van der Waals surface area (Å²) < 4.78 is 43.1. The number of benzene rings is 1. The molecule has 0 aliphatic carbocycles. The van der Waals surface area contributed by atoms with Gasteiger partial charge in [0.1, 0.15) is 5.75 Å². The number of hydrogen-bond donors (Lipinski definition) is 0. The van der Waals surface area contributed by atoms with Gasteiger partial charge in [0.15, 0.2) is 0 Å². The first-order valence-electron chi connectivity index (χ1n) is 5.98. The van der Waals surface area contributed by atoms with Gasteiger partial charge in [-0.1, -0.05) is 19.9 Å². The summed E-state index contributed by atoms with van der Waals surface area (Å²) >= 11 is 0. The molecule has 2 nitrogen and oxygen atoms in total. The van der Waals surface area contributed by atoms with Crippen molar-refractivity contribution in [1.29, 1.82) is 0 Å². The second-order valence-electron chi connectivity index (χ2n) is 4.99. The third kappa shape index (κ3) is 3.98. The normalized spacial score (nSPS) is 11.8. The van der Waals surface area contributed by atoms with Crippen LogP contribution in [0.5, 0.6) is 5.75 Å². The van der Waals surface area contributed by atoms with Gasteiger partial charge in [0, 0.05) is 0 Å². The highest BCUT2D eigenvalue weighted by molar-refractivity contribution is 6.03. The van der Waals surface area contributed by atoms with E-state index in [0.29, 0.717) is 11.1 Å². The first kappa shape index (κ1) is 15.5. The summed E-state index contributed by atoms with van der Waals surface area (Å²) in [5, 5.41) is 0. The molecule has 0 saturated heterocycles. The molecule has 106 valence electrons. The molecule has 0 heterocycles. The Hall–Kier alpha value is -1.52. The molecule has 5 heteroatoms. The molecule has 0 unspecified atom stereocenters. The van der Waals surface area contributed by atoms with Crippen molar-refractivity contribution in [1.82, 2.24) is 0 Å². The number of carbonyl (C=O) groups excluding carboxylic acids is 1. The summed E-state index contributed by atoms with van der Waals surface area (Å²) in [7, 11) is 0. The Kier molecular flexibility index (Phi) is 4.61. The first-order valence-corrected chi connectivity index (χ1v) is 5.98. The molecule has 0 atom stereocenters. The van der Waals surface area contributed by atoms with Crippen LogP contribution in [0, 0.1) is 19.8 Å². The van der Waals surface area contributed by atoms with Gasteiger partial charge in [0.05, 0.1) is 12.2 Å². The minimum absolute atomic E-state index is 0.0293. The smallest absolute Gasteiger partial charge is 0.455 e. The van der Waals surface area contributed by atoms with E-state index < -0.39 is 17.5 Å². The molecule has 0 aliphatic rings. The van der Waals surface area contributed by atoms with Gasteiger partial charge in [-0.25, -0.2) is 0 Å². The number of alkyl halides is 3. The van der Waals surface area contributed by atoms with E-state index in [0.717, 1.165) is 0 Å². The van der Waals surface area contributed by atoms with Crippen LogP contribution in [0.15, 0.2) is 12.1 Å². The number of ether oxygens (including phenoxy) is 1. The van der Waals surface area contributed by atoms with Gasteiger partial charge >= 0.3 is 6.18 Å². The number of carbonyl (C=O) groups is 1. The third-order valence-corrected chi connectivity index (χ3v) is 2.48. The lowest BCUT2D eigenvalue weighted by molar-refractivity contribution is -0.0886. The Morgan fingerprint density at radius 2 is 1.84 bits per heavy atom. The summed E-state index contributed by atoms with van der Waals surface area (Å²) in [4.78, 5) is 11.4. The van der Waals surface area contributed by atoms with Gasteiger partial charge in [-0.05, 0) is 37.0 Å². The SMILES string of the molecule is Cc1cc(C)c(OCC(C)C)c(C(=O)C(F)(F)F)c1. The second kappa shape index (κ2) is 5.63. The maximum atomic E-state index is 12.6. The van der Waals surface area contributed by atoms with E-state index in [1.807, 2.05) is 13.8 Å². The Labute approximate surface area is 110 Å². The Morgan fingerprint density at radius 1 is 1.26 bits per heavy atom. The molecule has 1 rings (SSSR count). The first-order chi connectivity index (χ1) is 8.62. The molecule has 19 heavy (non-hydrogen) atoms. The van der Waals surface area contributed by atoms with Crippen LogP contribution in [0.25, 0.3) is 0 Å². The van der Waals surface area contributed by atoms with Gasteiger partial charge in [-0.2, -0.15) is 13.2 Å². The largest absolute Gasteiger partial charge is 0.492 e. The predicted octanol–water partition coefficient (Wildman–Crippen LogP) is 4.08. The van der Waals surface area contributed by atoms with Gasteiger partial charge in [-0.3, -0.25) is 4.79 Å². The van der Waals surface area contributed by atoms with Crippen LogP contribution in [0.3, 0.4) is 0 Å². The lowest BCUT2D eigenvalue weighted by Gasteiger charge is -2.16. The summed E-state index contributed by atoms with van der Waals surface area (Å²) in [5.41, 5.74) is 0.723. The van der Waals surface area contributed by atoms with Gasteiger partial charge in [-0.15, -0.1) is 0 Å². The average Bonchev–Trinajstić information content (AvgIpc) is 2.24. The van der Waals surface area contributed by atoms with Crippen molar-refractivity contribution >= 4 is 5.78 Å². The number of halogens is 3. The molecular formula is C14H17F3O2. The van der Waals surface area contributed by atoms with Crippen LogP contribution < -0.4 is 4.74 Å². The Morgan fingerprint density at radius 3 is 2.32 bits per heavy atom. The molecule has 0 saturated carbocycles. The highest BCUT2D eigenvalue weighted by Crippen LogP contribution is 2.31. The minimum Gasteiger partial charge on any atom is -0.492 e. The quantitative estimate of drug-likeness (QED) is 0.773. The number of aryl methyl sites for hydroxylation is 2. The van der Waals surface area contributed by atoms with E-state index >= 15 is 0 Å². The Bertz CT molecular complexity index is 476. The average molecular weight is 274 g/mol. The maximum Gasteiger partial charge on any atom is 0.455 e. The molecule has 0 amide bonds. The van der Waals surface area contributed by atoms with Crippen molar-refractivity contribution in [3.8, 4) is 5.75 Å². The number of ketones is 1. The number of Topliss-reactive ketones (excluding diaryl/α,β-unsaturated/α-hetero) is 1. The monoisotopic (exact) mass is 274 g/mol. The molecule has 0 fully saturated rings. The van der Waals surface area contributed by atoms with Gasteiger partial charge < -0.3 is 4.74 Å². The molecule has 0 radical (unpaired) electrons. The van der Waals surface area contributed by atoms with Crippen LogP contribution in [-0.4, -0.2) is 18.6 Å². The molecule has 0 aliphatic heterocycles. The minimum atomic E-state index is -4.89. The molecule has 0 bridgehead atoms. The van der Waals surface area contributed by atoms with Crippen molar-refractivity contribution in [2.24, 2.45) is 5.92 Å². The molecule has 1 aromatic rings. The highest BCUT2D eigenvalue weighted by Gasteiger charge is 2.41. The summed E-state index contributed by atoms with van der Waals surface area (Å²) in [6.07, 6.45) is -4.89. The van der Waals surface area contributed by atoms with Crippen molar-refractivity contribution < 1.29 is 22.7 Å². The lowest BCUT2D eigenvalue weighted by Crippen LogP contribution is -2.24. The zero-order chi connectivity index (χ0) is 14.8. The van der Waals surface area contributed by atoms with Crippen molar-refractivity contribution in [3.63, 3.8) is 0 Å². The van der Waals surface area contributed by atoms with Crippen molar-refractivity contribution in [2.75, 3.05) is 6.61 Å². The van der Waals surface area contributed by atoms with Crippen LogP contribution in [0.4, 0.5) is 13.2 Å². The van der Waals surface area contributed by atoms with E-state index in [1.54, 1.807) is 19.9 Å². The fourth-order valence-electron chi connectivity index (χ4n) is 1.72. The topological polar surface area (TPSA) is 26.3 Å². The molecule has 0 aromatic heterocycles. The predicted molar refractivity (Wildman–Crippen MR) is 66.6 cm³/mol. The van der Waals surface area contributed by atoms with Crippen molar-refractivity contribution in [2.45, 2.75) is 33.9 Å². The lowest BCUT2D eigenvalue weighted by atomic mass is 10.0. The summed E-state index contributed by atoms with van der Waals surface area (Å²) in [5.74, 6) is -1.67. The van der Waals surface area contributed by atoms with Crippen LogP contribution in [-0.2, 0) is 0 Å². The molecule has 1 aromatic carbocycles. The van der Waals surface area contributed by atoms with E-state index in [9.17, 15) is 18.0 Å². The fraction of sp³-hybridized carbons (Fsp3) is 0.500.